The van der Waals surface area contributed by atoms with Gasteiger partial charge in [-0.15, -0.1) is 0 Å². The predicted molar refractivity (Wildman–Crippen MR) is 78.0 cm³/mol. The maximum atomic E-state index is 12.5. The number of halogens is 3. The summed E-state index contributed by atoms with van der Waals surface area (Å²) in [6, 6.07) is 5.44. The predicted octanol–water partition coefficient (Wildman–Crippen LogP) is 2.48. The smallest absolute Gasteiger partial charge is 0.416 e. The minimum absolute atomic E-state index is 0.150. The average molecular weight is 328 g/mol. The molecule has 2 bridgehead atoms. The molecule has 0 radical (unpaired) electrons. The number of carbonyl (C=O) groups is 1. The lowest BCUT2D eigenvalue weighted by Crippen LogP contribution is -2.48. The summed E-state index contributed by atoms with van der Waals surface area (Å²) in [6.45, 7) is -0.190. The highest BCUT2D eigenvalue weighted by atomic mass is 19.4. The molecule has 2 fully saturated rings. The molecule has 23 heavy (non-hydrogen) atoms. The van der Waals surface area contributed by atoms with E-state index in [9.17, 15) is 18.0 Å². The minimum atomic E-state index is -4.37. The Morgan fingerprint density at radius 1 is 1.17 bits per heavy atom. The number of carbonyl (C=O) groups excluding carboxylic acids is 1. The van der Waals surface area contributed by atoms with E-state index in [1.54, 1.807) is 0 Å². The van der Waals surface area contributed by atoms with Crippen molar-refractivity contribution >= 4 is 5.91 Å². The van der Waals surface area contributed by atoms with Gasteiger partial charge in [-0.05, 0) is 49.9 Å². The topological polar surface area (TPSA) is 50.4 Å². The maximum Gasteiger partial charge on any atom is 0.416 e. The molecule has 2 atom stereocenters. The fourth-order valence-electron chi connectivity index (χ4n) is 3.33. The highest BCUT2D eigenvalue weighted by Gasteiger charge is 2.34. The summed E-state index contributed by atoms with van der Waals surface area (Å²) in [4.78, 5) is 11.9. The van der Waals surface area contributed by atoms with E-state index in [4.69, 9.17) is 4.74 Å². The fourth-order valence-corrected chi connectivity index (χ4v) is 3.33. The van der Waals surface area contributed by atoms with Gasteiger partial charge in [0.05, 0.1) is 5.56 Å². The van der Waals surface area contributed by atoms with Gasteiger partial charge in [0.2, 0.25) is 0 Å². The van der Waals surface area contributed by atoms with E-state index >= 15 is 0 Å². The lowest BCUT2D eigenvalue weighted by Gasteiger charge is -2.29. The summed E-state index contributed by atoms with van der Waals surface area (Å²) in [5.74, 6) is 0.00901. The van der Waals surface area contributed by atoms with Crippen molar-refractivity contribution in [1.82, 2.24) is 10.6 Å². The Morgan fingerprint density at radius 3 is 2.35 bits per heavy atom. The van der Waals surface area contributed by atoms with Gasteiger partial charge in [-0.3, -0.25) is 4.79 Å². The molecule has 2 aliphatic heterocycles. The van der Waals surface area contributed by atoms with Crippen LogP contribution >= 0.6 is 0 Å². The van der Waals surface area contributed by atoms with Gasteiger partial charge in [0, 0.05) is 18.1 Å². The largest absolute Gasteiger partial charge is 0.484 e. The highest BCUT2D eigenvalue weighted by Crippen LogP contribution is 2.30. The zero-order chi connectivity index (χ0) is 16.4. The van der Waals surface area contributed by atoms with Crippen LogP contribution in [0.4, 0.5) is 13.2 Å². The molecular formula is C16H19F3N2O2. The summed E-state index contributed by atoms with van der Waals surface area (Å²) in [7, 11) is 0. The molecule has 0 saturated carbocycles. The fraction of sp³-hybridized carbons (Fsp3) is 0.562. The van der Waals surface area contributed by atoms with E-state index in [2.05, 4.69) is 10.6 Å². The average Bonchev–Trinajstić information content (AvgIpc) is 2.83. The van der Waals surface area contributed by atoms with E-state index in [-0.39, 0.29) is 24.3 Å². The van der Waals surface area contributed by atoms with Crippen molar-refractivity contribution in [3.63, 3.8) is 0 Å². The molecular weight excluding hydrogens is 309 g/mol. The SMILES string of the molecule is O=C(COc1ccc(C(F)(F)F)cc1)NC1CC2CCC(C1)N2. The Hall–Kier alpha value is -1.76. The van der Waals surface area contributed by atoms with Crippen LogP contribution in [-0.2, 0) is 11.0 Å². The Balaban J connectivity index is 1.45. The first-order chi connectivity index (χ1) is 10.9. The second-order valence-corrected chi connectivity index (χ2v) is 6.18. The van der Waals surface area contributed by atoms with Gasteiger partial charge >= 0.3 is 6.18 Å². The van der Waals surface area contributed by atoms with E-state index < -0.39 is 11.7 Å². The van der Waals surface area contributed by atoms with Crippen LogP contribution in [0.1, 0.15) is 31.2 Å². The van der Waals surface area contributed by atoms with Crippen LogP contribution in [0, 0.1) is 0 Å². The van der Waals surface area contributed by atoms with Gasteiger partial charge in [-0.2, -0.15) is 13.2 Å². The van der Waals surface area contributed by atoms with Gasteiger partial charge in [0.15, 0.2) is 6.61 Å². The lowest BCUT2D eigenvalue weighted by molar-refractivity contribution is -0.137. The number of benzene rings is 1. The summed E-state index contributed by atoms with van der Waals surface area (Å²) < 4.78 is 42.6. The van der Waals surface area contributed by atoms with E-state index in [1.807, 2.05) is 0 Å². The molecule has 0 aromatic heterocycles. The number of alkyl halides is 3. The van der Waals surface area contributed by atoms with Gasteiger partial charge in [-0.1, -0.05) is 0 Å². The van der Waals surface area contributed by atoms with Crippen molar-refractivity contribution < 1.29 is 22.7 Å². The lowest BCUT2D eigenvalue weighted by atomic mass is 10.00. The third-order valence-corrected chi connectivity index (χ3v) is 4.39. The molecule has 1 aromatic rings. The third kappa shape index (κ3) is 4.16. The van der Waals surface area contributed by atoms with E-state index in [0.717, 1.165) is 37.8 Å². The zero-order valence-corrected chi connectivity index (χ0v) is 12.5. The number of hydrogen-bond donors (Lipinski definition) is 2. The van der Waals surface area contributed by atoms with Crippen molar-refractivity contribution in [2.75, 3.05) is 6.61 Å². The van der Waals surface area contributed by atoms with Crippen molar-refractivity contribution in [1.29, 1.82) is 0 Å². The molecule has 2 N–H and O–H groups in total. The van der Waals surface area contributed by atoms with Crippen molar-refractivity contribution in [2.24, 2.45) is 0 Å². The highest BCUT2D eigenvalue weighted by molar-refractivity contribution is 5.77. The number of rotatable bonds is 4. The molecule has 2 saturated heterocycles. The standard InChI is InChI=1S/C16H19F3N2O2/c17-16(18,19)10-1-5-14(6-2-10)23-9-15(22)21-13-7-11-3-4-12(8-13)20-11/h1-2,5-6,11-13,20H,3-4,7-9H2,(H,21,22). The van der Waals surface area contributed by atoms with Crippen LogP contribution in [0.5, 0.6) is 5.75 Å². The normalized spacial score (nSPS) is 26.8. The molecule has 0 spiro atoms. The number of amides is 1. The third-order valence-electron chi connectivity index (χ3n) is 4.39. The number of fused-ring (bicyclic) bond motifs is 2. The van der Waals surface area contributed by atoms with Gasteiger partial charge in [0.1, 0.15) is 5.75 Å². The van der Waals surface area contributed by atoms with Crippen LogP contribution in [0.15, 0.2) is 24.3 Å². The first kappa shape index (κ1) is 16.1. The number of nitrogens with one attached hydrogen (secondary N) is 2. The molecule has 4 nitrogen and oxygen atoms in total. The monoisotopic (exact) mass is 328 g/mol. The first-order valence-electron chi connectivity index (χ1n) is 7.75. The van der Waals surface area contributed by atoms with Crippen molar-refractivity contribution in [3.05, 3.63) is 29.8 Å². The van der Waals surface area contributed by atoms with Crippen LogP contribution in [0.25, 0.3) is 0 Å². The molecule has 1 aromatic carbocycles. The molecule has 1 amide bonds. The number of hydrogen-bond acceptors (Lipinski definition) is 3. The van der Waals surface area contributed by atoms with Gasteiger partial charge in [0.25, 0.3) is 5.91 Å². The zero-order valence-electron chi connectivity index (χ0n) is 12.5. The molecule has 3 rings (SSSR count). The maximum absolute atomic E-state index is 12.5. The van der Waals surface area contributed by atoms with Crippen molar-refractivity contribution in [3.8, 4) is 5.75 Å². The van der Waals surface area contributed by atoms with Gasteiger partial charge < -0.3 is 15.4 Å². The molecule has 2 unspecified atom stereocenters. The number of ether oxygens (including phenoxy) is 1. The second kappa shape index (κ2) is 6.39. The molecule has 2 aliphatic rings. The van der Waals surface area contributed by atoms with Crippen LogP contribution in [0.2, 0.25) is 0 Å². The van der Waals surface area contributed by atoms with Crippen LogP contribution in [-0.4, -0.2) is 30.6 Å². The quantitative estimate of drug-likeness (QED) is 0.893. The second-order valence-electron chi connectivity index (χ2n) is 6.18. The van der Waals surface area contributed by atoms with Crippen LogP contribution < -0.4 is 15.4 Å². The molecule has 0 aliphatic carbocycles. The summed E-state index contributed by atoms with van der Waals surface area (Å²) in [5, 5.41) is 6.44. The number of piperidine rings is 1. The Labute approximate surface area is 132 Å². The first-order valence-corrected chi connectivity index (χ1v) is 7.75. The van der Waals surface area contributed by atoms with Crippen molar-refractivity contribution in [2.45, 2.75) is 50.0 Å². The minimum Gasteiger partial charge on any atom is -0.484 e. The summed E-state index contributed by atoms with van der Waals surface area (Å²) >= 11 is 0. The Kier molecular flexibility index (Phi) is 4.48. The molecule has 2 heterocycles. The van der Waals surface area contributed by atoms with Gasteiger partial charge in [-0.25, -0.2) is 0 Å². The van der Waals surface area contributed by atoms with Crippen LogP contribution in [0.3, 0.4) is 0 Å². The van der Waals surface area contributed by atoms with E-state index in [1.165, 1.54) is 12.1 Å². The van der Waals surface area contributed by atoms with E-state index in [0.29, 0.717) is 12.1 Å². The molecule has 126 valence electrons. The Bertz CT molecular complexity index is 547. The Morgan fingerprint density at radius 2 is 1.78 bits per heavy atom. The summed E-state index contributed by atoms with van der Waals surface area (Å²) in [5.41, 5.74) is -0.737. The molecule has 7 heteroatoms. The summed E-state index contributed by atoms with van der Waals surface area (Å²) in [6.07, 6.45) is -0.229.